The number of aromatic nitrogens is 1. The van der Waals surface area contributed by atoms with E-state index in [0.29, 0.717) is 6.42 Å². The van der Waals surface area contributed by atoms with E-state index in [0.717, 1.165) is 31.9 Å². The summed E-state index contributed by atoms with van der Waals surface area (Å²) in [6.45, 7) is 4.07. The monoisotopic (exact) mass is 276 g/mol. The molecule has 0 spiro atoms. The molecule has 1 aromatic rings. The number of nitrogens with zero attached hydrogens (tertiary/aromatic N) is 2. The highest BCUT2D eigenvalue weighted by atomic mass is 35.5. The molecular formula is C11H18Cl2N4. The molecule has 4 nitrogen and oxygen atoms in total. The quantitative estimate of drug-likeness (QED) is 0.884. The Hall–Kier alpha value is -0.730. The fourth-order valence-electron chi connectivity index (χ4n) is 2.07. The minimum Gasteiger partial charge on any atom is -0.364 e. The molecule has 1 saturated heterocycles. The second-order valence-corrected chi connectivity index (χ2v) is 3.79. The second-order valence-electron chi connectivity index (χ2n) is 3.79. The van der Waals surface area contributed by atoms with Gasteiger partial charge in [0.05, 0.1) is 18.5 Å². The van der Waals surface area contributed by atoms with Crippen molar-refractivity contribution in [2.24, 2.45) is 0 Å². The topological polar surface area (TPSA) is 54.9 Å². The van der Waals surface area contributed by atoms with Crippen LogP contribution in [0.15, 0.2) is 18.3 Å². The van der Waals surface area contributed by atoms with Crippen LogP contribution in [0.4, 0.5) is 0 Å². The van der Waals surface area contributed by atoms with Crippen LogP contribution in [0, 0.1) is 11.3 Å². The molecule has 1 aromatic heterocycles. The van der Waals surface area contributed by atoms with Gasteiger partial charge in [-0.05, 0) is 12.1 Å². The molecule has 2 rings (SSSR count). The van der Waals surface area contributed by atoms with Crippen LogP contribution >= 0.6 is 24.8 Å². The van der Waals surface area contributed by atoms with Crippen molar-refractivity contribution in [2.75, 3.05) is 26.2 Å². The molecule has 0 unspecified atom stereocenters. The lowest BCUT2D eigenvalue weighted by molar-refractivity contribution is 0.173. The summed E-state index contributed by atoms with van der Waals surface area (Å²) in [7, 11) is 0. The van der Waals surface area contributed by atoms with E-state index in [1.165, 1.54) is 0 Å². The van der Waals surface area contributed by atoms with E-state index in [-0.39, 0.29) is 30.9 Å². The zero-order chi connectivity index (χ0) is 10.5. The predicted octanol–water partition coefficient (Wildman–Crippen LogP) is 1.72. The maximum absolute atomic E-state index is 8.86. The molecule has 1 aliphatic heterocycles. The number of aromatic amines is 1. The lowest BCUT2D eigenvalue weighted by atomic mass is 10.1. The van der Waals surface area contributed by atoms with Crippen molar-refractivity contribution in [2.45, 2.75) is 12.5 Å². The number of rotatable bonds is 3. The molecule has 0 amide bonds. The normalized spacial score (nSPS) is 17.4. The first kappa shape index (κ1) is 16.3. The molecule has 17 heavy (non-hydrogen) atoms. The summed E-state index contributed by atoms with van der Waals surface area (Å²) in [4.78, 5) is 5.57. The van der Waals surface area contributed by atoms with Crippen LogP contribution in [0.3, 0.4) is 0 Å². The van der Waals surface area contributed by atoms with Gasteiger partial charge in [0.25, 0.3) is 0 Å². The van der Waals surface area contributed by atoms with E-state index in [1.807, 2.05) is 12.3 Å². The summed E-state index contributed by atoms with van der Waals surface area (Å²) < 4.78 is 0. The Bertz CT molecular complexity index is 328. The number of nitriles is 1. The van der Waals surface area contributed by atoms with Crippen molar-refractivity contribution in [3.63, 3.8) is 0 Å². The maximum atomic E-state index is 8.86. The summed E-state index contributed by atoms with van der Waals surface area (Å²) in [6.07, 6.45) is 2.47. The van der Waals surface area contributed by atoms with Gasteiger partial charge >= 0.3 is 0 Å². The van der Waals surface area contributed by atoms with Crippen molar-refractivity contribution < 1.29 is 0 Å². The number of hydrogen-bond donors (Lipinski definition) is 2. The third kappa shape index (κ3) is 4.21. The van der Waals surface area contributed by atoms with E-state index < -0.39 is 0 Å². The van der Waals surface area contributed by atoms with Gasteiger partial charge in [0.15, 0.2) is 0 Å². The number of hydrogen-bond acceptors (Lipinski definition) is 3. The minimum absolute atomic E-state index is 0. The number of piperazine rings is 1. The van der Waals surface area contributed by atoms with Crippen LogP contribution in [0.1, 0.15) is 18.2 Å². The van der Waals surface area contributed by atoms with Crippen molar-refractivity contribution >= 4 is 24.8 Å². The van der Waals surface area contributed by atoms with Gasteiger partial charge in [-0.1, -0.05) is 0 Å². The van der Waals surface area contributed by atoms with Crippen LogP contribution in [0.2, 0.25) is 0 Å². The molecule has 1 fully saturated rings. The highest BCUT2D eigenvalue weighted by molar-refractivity contribution is 5.85. The van der Waals surface area contributed by atoms with Gasteiger partial charge in [-0.25, -0.2) is 0 Å². The summed E-state index contributed by atoms with van der Waals surface area (Å²) >= 11 is 0. The van der Waals surface area contributed by atoms with E-state index in [2.05, 4.69) is 27.3 Å². The van der Waals surface area contributed by atoms with Crippen LogP contribution in [-0.2, 0) is 0 Å². The van der Waals surface area contributed by atoms with Crippen molar-refractivity contribution in [1.82, 2.24) is 15.2 Å². The number of H-pyrrole nitrogens is 1. The minimum atomic E-state index is 0. The highest BCUT2D eigenvalue weighted by Crippen LogP contribution is 2.22. The molecule has 96 valence electrons. The van der Waals surface area contributed by atoms with Gasteiger partial charge in [0.2, 0.25) is 0 Å². The predicted molar refractivity (Wildman–Crippen MR) is 72.7 cm³/mol. The van der Waals surface area contributed by atoms with E-state index in [1.54, 1.807) is 0 Å². The van der Waals surface area contributed by atoms with Gasteiger partial charge in [-0.2, -0.15) is 5.26 Å². The Morgan fingerprint density at radius 3 is 2.59 bits per heavy atom. The Balaban J connectivity index is 0.00000128. The van der Waals surface area contributed by atoms with Crippen LogP contribution < -0.4 is 5.32 Å². The largest absolute Gasteiger partial charge is 0.364 e. The lowest BCUT2D eigenvalue weighted by Crippen LogP contribution is -2.45. The van der Waals surface area contributed by atoms with Gasteiger partial charge in [-0.3, -0.25) is 4.90 Å². The molecule has 1 atom stereocenters. The van der Waals surface area contributed by atoms with Crippen molar-refractivity contribution in [1.29, 1.82) is 5.26 Å². The zero-order valence-electron chi connectivity index (χ0n) is 9.56. The van der Waals surface area contributed by atoms with E-state index >= 15 is 0 Å². The van der Waals surface area contributed by atoms with Crippen molar-refractivity contribution in [3.8, 4) is 6.07 Å². The van der Waals surface area contributed by atoms with E-state index in [4.69, 9.17) is 5.26 Å². The van der Waals surface area contributed by atoms with Gasteiger partial charge < -0.3 is 10.3 Å². The van der Waals surface area contributed by atoms with Crippen LogP contribution in [0.5, 0.6) is 0 Å². The lowest BCUT2D eigenvalue weighted by Gasteiger charge is -2.33. The Morgan fingerprint density at radius 1 is 1.35 bits per heavy atom. The first-order valence-corrected chi connectivity index (χ1v) is 5.37. The SMILES string of the molecule is Cl.Cl.N#CC[C@H](c1ccc[nH]1)N1CCNCC1. The summed E-state index contributed by atoms with van der Waals surface area (Å²) in [5, 5.41) is 12.2. The molecule has 0 bridgehead atoms. The summed E-state index contributed by atoms with van der Waals surface area (Å²) in [5.41, 5.74) is 1.15. The fraction of sp³-hybridized carbons (Fsp3) is 0.545. The standard InChI is InChI=1S/C11H16N4.2ClH/c12-4-3-11(10-2-1-5-14-10)15-8-6-13-7-9-15;;/h1-2,5,11,13-14H,3,6-9H2;2*1H/t11-;;/m1../s1. The summed E-state index contributed by atoms with van der Waals surface area (Å²) in [6, 6.07) is 6.55. The third-order valence-electron chi connectivity index (χ3n) is 2.86. The Morgan fingerprint density at radius 2 is 2.06 bits per heavy atom. The first-order chi connectivity index (χ1) is 7.42. The molecule has 0 radical (unpaired) electrons. The molecule has 2 N–H and O–H groups in total. The number of halogens is 2. The molecule has 0 aliphatic carbocycles. The zero-order valence-corrected chi connectivity index (χ0v) is 11.2. The first-order valence-electron chi connectivity index (χ1n) is 5.37. The fourth-order valence-corrected chi connectivity index (χ4v) is 2.07. The van der Waals surface area contributed by atoms with Gasteiger partial charge in [0, 0.05) is 38.1 Å². The molecule has 6 heteroatoms. The van der Waals surface area contributed by atoms with Crippen LogP contribution in [0.25, 0.3) is 0 Å². The molecule has 2 heterocycles. The second kappa shape index (κ2) is 8.37. The molecule has 1 aliphatic rings. The molecular weight excluding hydrogens is 259 g/mol. The molecule has 0 saturated carbocycles. The Labute approximate surface area is 114 Å². The Kier molecular flexibility index (Phi) is 8.01. The average molecular weight is 277 g/mol. The third-order valence-corrected chi connectivity index (χ3v) is 2.86. The smallest absolute Gasteiger partial charge is 0.0642 e. The number of nitrogens with one attached hydrogen (secondary N) is 2. The van der Waals surface area contributed by atoms with Crippen molar-refractivity contribution in [3.05, 3.63) is 24.0 Å². The average Bonchev–Trinajstić information content (AvgIpc) is 2.80. The molecule has 0 aromatic carbocycles. The van der Waals surface area contributed by atoms with Gasteiger partial charge in [0.1, 0.15) is 0 Å². The maximum Gasteiger partial charge on any atom is 0.0642 e. The summed E-state index contributed by atoms with van der Waals surface area (Å²) in [5.74, 6) is 0. The highest BCUT2D eigenvalue weighted by Gasteiger charge is 2.22. The van der Waals surface area contributed by atoms with E-state index in [9.17, 15) is 0 Å². The van der Waals surface area contributed by atoms with Gasteiger partial charge in [-0.15, -0.1) is 24.8 Å². The van der Waals surface area contributed by atoms with Crippen LogP contribution in [-0.4, -0.2) is 36.1 Å².